The molecule has 3 atom stereocenters. The zero-order chi connectivity index (χ0) is 19.7. The van der Waals surface area contributed by atoms with Crippen molar-refractivity contribution in [3.63, 3.8) is 0 Å². The van der Waals surface area contributed by atoms with Crippen molar-refractivity contribution in [1.29, 1.82) is 0 Å². The minimum atomic E-state index is -1.07. The monoisotopic (exact) mass is 406 g/mol. The van der Waals surface area contributed by atoms with Crippen LogP contribution in [0.5, 0.6) is 0 Å². The molecule has 1 N–H and O–H groups in total. The highest BCUT2D eigenvalue weighted by Gasteiger charge is 2.55. The van der Waals surface area contributed by atoms with E-state index in [9.17, 15) is 18.0 Å². The number of carbonyl (C=O) groups excluding carboxylic acids is 1. The molecule has 0 radical (unpaired) electrons. The van der Waals surface area contributed by atoms with Gasteiger partial charge in [-0.2, -0.15) is 0 Å². The lowest BCUT2D eigenvalue weighted by atomic mass is 9.84. The average Bonchev–Trinajstić information content (AvgIpc) is 3.09. The van der Waals surface area contributed by atoms with Gasteiger partial charge in [-0.1, -0.05) is 42.1 Å². The Kier molecular flexibility index (Phi) is 5.16. The van der Waals surface area contributed by atoms with E-state index in [-0.39, 0.29) is 29.8 Å². The van der Waals surface area contributed by atoms with Gasteiger partial charge in [0.1, 0.15) is 6.67 Å². The second-order valence-corrected chi connectivity index (χ2v) is 7.99. The van der Waals surface area contributed by atoms with Crippen LogP contribution in [0.1, 0.15) is 15.9 Å². The van der Waals surface area contributed by atoms with Crippen LogP contribution < -0.4 is 5.32 Å². The second kappa shape index (κ2) is 7.60. The smallest absolute Gasteiger partial charge is 0.257 e. The molecule has 0 spiro atoms. The van der Waals surface area contributed by atoms with Crippen molar-refractivity contribution in [1.82, 2.24) is 5.32 Å². The molecule has 0 saturated carbocycles. The summed E-state index contributed by atoms with van der Waals surface area (Å²) in [6.45, 7) is -0.607. The molecule has 1 amide bonds. The van der Waals surface area contributed by atoms with Crippen LogP contribution in [0.4, 0.5) is 13.2 Å². The van der Waals surface area contributed by atoms with E-state index >= 15 is 0 Å². The molecule has 0 bridgehead atoms. The van der Waals surface area contributed by atoms with Gasteiger partial charge in [-0.25, -0.2) is 13.2 Å². The lowest BCUT2D eigenvalue weighted by Gasteiger charge is -2.37. The minimum Gasteiger partial charge on any atom is -0.373 e. The lowest BCUT2D eigenvalue weighted by molar-refractivity contribution is 0.0701. The fourth-order valence-electron chi connectivity index (χ4n) is 3.65. The number of hydrogen-bond donors (Lipinski definition) is 1. The molecular formula is C20H17F3N2O2S. The topological polar surface area (TPSA) is 50.7 Å². The standard InChI is InChI=1S/C20H17F3N2O2S/c21-9-16-14-10-24-19(25-18(26)12-5-2-1-3-6-12)28-20(14,11-27-16)13-7-4-8-15(22)17(13)23/h1-8,14,16H,9-11H2,(H,24,25,26)/t14-,16+,20+/m0/s1. The number of aliphatic imine (C=N–C) groups is 1. The van der Waals surface area contributed by atoms with Crippen LogP contribution in [0, 0.1) is 17.6 Å². The maximum Gasteiger partial charge on any atom is 0.257 e. The Morgan fingerprint density at radius 2 is 2.00 bits per heavy atom. The molecular weight excluding hydrogens is 389 g/mol. The van der Waals surface area contributed by atoms with Crippen LogP contribution in [0.25, 0.3) is 0 Å². The van der Waals surface area contributed by atoms with Crippen molar-refractivity contribution in [2.75, 3.05) is 19.8 Å². The molecule has 8 heteroatoms. The summed E-state index contributed by atoms with van der Waals surface area (Å²) in [4.78, 5) is 16.8. The fraction of sp³-hybridized carbons (Fsp3) is 0.300. The predicted molar refractivity (Wildman–Crippen MR) is 101 cm³/mol. The van der Waals surface area contributed by atoms with E-state index in [0.717, 1.165) is 17.8 Å². The van der Waals surface area contributed by atoms with E-state index in [0.29, 0.717) is 5.56 Å². The van der Waals surface area contributed by atoms with E-state index in [4.69, 9.17) is 4.74 Å². The zero-order valence-corrected chi connectivity index (χ0v) is 15.5. The number of nitrogens with one attached hydrogen (secondary N) is 1. The molecule has 146 valence electrons. The molecule has 4 nitrogen and oxygen atoms in total. The highest BCUT2D eigenvalue weighted by atomic mass is 32.2. The molecule has 2 aromatic carbocycles. The molecule has 0 aromatic heterocycles. The van der Waals surface area contributed by atoms with Gasteiger partial charge in [0, 0.05) is 23.6 Å². The van der Waals surface area contributed by atoms with Gasteiger partial charge in [-0.3, -0.25) is 9.79 Å². The molecule has 1 saturated heterocycles. The van der Waals surface area contributed by atoms with Gasteiger partial charge in [0.2, 0.25) is 0 Å². The first-order chi connectivity index (χ1) is 13.5. The summed E-state index contributed by atoms with van der Waals surface area (Å²) >= 11 is 1.09. The van der Waals surface area contributed by atoms with Gasteiger partial charge < -0.3 is 10.1 Å². The van der Waals surface area contributed by atoms with Crippen molar-refractivity contribution in [2.45, 2.75) is 10.9 Å². The fourth-order valence-corrected chi connectivity index (χ4v) is 5.05. The number of amidine groups is 1. The maximum atomic E-state index is 14.6. The summed E-state index contributed by atoms with van der Waals surface area (Å²) in [6, 6.07) is 12.5. The van der Waals surface area contributed by atoms with Crippen molar-refractivity contribution < 1.29 is 22.7 Å². The first kappa shape index (κ1) is 19.0. The number of amides is 1. The number of thioether (sulfide) groups is 1. The molecule has 4 rings (SSSR count). The first-order valence-corrected chi connectivity index (χ1v) is 9.59. The number of fused-ring (bicyclic) bond motifs is 1. The Bertz CT molecular complexity index is 925. The van der Waals surface area contributed by atoms with Crippen molar-refractivity contribution >= 4 is 22.8 Å². The number of halogens is 3. The van der Waals surface area contributed by atoms with Gasteiger partial charge >= 0.3 is 0 Å². The molecule has 2 aliphatic rings. The van der Waals surface area contributed by atoms with Crippen molar-refractivity contribution in [3.05, 3.63) is 71.3 Å². The van der Waals surface area contributed by atoms with Gasteiger partial charge in [0.05, 0.1) is 17.5 Å². The Balaban J connectivity index is 1.67. The second-order valence-electron chi connectivity index (χ2n) is 6.67. The van der Waals surface area contributed by atoms with E-state index in [1.165, 1.54) is 12.1 Å². The number of ether oxygens (including phenoxy) is 1. The summed E-state index contributed by atoms with van der Waals surface area (Å²) in [6.07, 6.45) is -0.759. The van der Waals surface area contributed by atoms with Crippen LogP contribution in [-0.4, -0.2) is 37.0 Å². The Morgan fingerprint density at radius 3 is 2.75 bits per heavy atom. The Morgan fingerprint density at radius 1 is 1.21 bits per heavy atom. The summed E-state index contributed by atoms with van der Waals surface area (Å²) in [7, 11) is 0. The maximum absolute atomic E-state index is 14.6. The number of benzene rings is 2. The summed E-state index contributed by atoms with van der Waals surface area (Å²) in [5.41, 5.74) is 0.544. The largest absolute Gasteiger partial charge is 0.373 e. The molecule has 0 unspecified atom stereocenters. The SMILES string of the molecule is O=C(NC1=NC[C@H]2[C@@H](CF)OC[C@]2(c2cccc(F)c2F)S1)c1ccccc1. The molecule has 1 fully saturated rings. The van der Waals surface area contributed by atoms with Gasteiger partial charge in [-0.15, -0.1) is 0 Å². The molecule has 28 heavy (non-hydrogen) atoms. The highest BCUT2D eigenvalue weighted by molar-refractivity contribution is 8.14. The number of carbonyl (C=O) groups is 1. The van der Waals surface area contributed by atoms with Crippen LogP contribution in [0.3, 0.4) is 0 Å². The summed E-state index contributed by atoms with van der Waals surface area (Å²) in [5.74, 6) is -2.80. The first-order valence-electron chi connectivity index (χ1n) is 8.77. The van der Waals surface area contributed by atoms with E-state index < -0.39 is 35.1 Å². The quantitative estimate of drug-likeness (QED) is 0.846. The third kappa shape index (κ3) is 3.20. The van der Waals surface area contributed by atoms with E-state index in [2.05, 4.69) is 10.3 Å². The van der Waals surface area contributed by atoms with E-state index in [1.54, 1.807) is 30.3 Å². The zero-order valence-electron chi connectivity index (χ0n) is 14.7. The third-order valence-corrected chi connectivity index (χ3v) is 6.52. The Hall–Kier alpha value is -2.32. The summed E-state index contributed by atoms with van der Waals surface area (Å²) < 4.78 is 46.5. The Labute approximate surface area is 164 Å². The molecule has 2 aromatic rings. The van der Waals surface area contributed by atoms with Gasteiger partial charge in [0.15, 0.2) is 16.8 Å². The number of alkyl halides is 1. The van der Waals surface area contributed by atoms with Crippen molar-refractivity contribution in [2.24, 2.45) is 10.9 Å². The molecule has 2 heterocycles. The average molecular weight is 406 g/mol. The normalized spacial score (nSPS) is 26.5. The van der Waals surface area contributed by atoms with Gasteiger partial charge in [0.25, 0.3) is 5.91 Å². The van der Waals surface area contributed by atoms with Crippen LogP contribution in [0.15, 0.2) is 53.5 Å². The molecule has 0 aliphatic carbocycles. The predicted octanol–water partition coefficient (Wildman–Crippen LogP) is 3.68. The lowest BCUT2D eigenvalue weighted by Crippen LogP contribution is -2.44. The third-order valence-electron chi connectivity index (χ3n) is 5.09. The highest BCUT2D eigenvalue weighted by Crippen LogP contribution is 2.53. The summed E-state index contributed by atoms with van der Waals surface area (Å²) in [5, 5.41) is 2.99. The van der Waals surface area contributed by atoms with Crippen molar-refractivity contribution in [3.8, 4) is 0 Å². The molecule has 2 aliphatic heterocycles. The van der Waals surface area contributed by atoms with Crippen LogP contribution in [0.2, 0.25) is 0 Å². The van der Waals surface area contributed by atoms with E-state index in [1.807, 2.05) is 0 Å². The number of rotatable bonds is 3. The van der Waals surface area contributed by atoms with Crippen LogP contribution >= 0.6 is 11.8 Å². The number of nitrogens with zero attached hydrogens (tertiary/aromatic N) is 1. The van der Waals surface area contributed by atoms with Gasteiger partial charge in [-0.05, 0) is 18.2 Å². The minimum absolute atomic E-state index is 0.00246. The van der Waals surface area contributed by atoms with Crippen LogP contribution in [-0.2, 0) is 9.48 Å². The number of hydrogen-bond acceptors (Lipinski definition) is 4.